The smallest absolute Gasteiger partial charge is 0.0743 e. The molecule has 0 saturated carbocycles. The maximum absolute atomic E-state index is 5.80. The monoisotopic (exact) mass is 270 g/mol. The first-order valence-electron chi connectivity index (χ1n) is 7.43. The summed E-state index contributed by atoms with van der Waals surface area (Å²) in [4.78, 5) is 6.91. The van der Waals surface area contributed by atoms with Gasteiger partial charge in [-0.2, -0.15) is 0 Å². The van der Waals surface area contributed by atoms with E-state index in [-0.39, 0.29) is 0 Å². The molecule has 2 aromatic rings. The summed E-state index contributed by atoms with van der Waals surface area (Å²) >= 11 is 0. The Balaban J connectivity index is 1.59. The molecule has 2 heterocycles. The van der Waals surface area contributed by atoms with E-state index in [9.17, 15) is 0 Å². The first kappa shape index (κ1) is 13.2. The normalized spacial score (nSPS) is 15.8. The van der Waals surface area contributed by atoms with Crippen molar-refractivity contribution in [2.75, 3.05) is 37.2 Å². The van der Waals surface area contributed by atoms with Gasteiger partial charge >= 0.3 is 0 Å². The minimum Gasteiger partial charge on any atom is -0.399 e. The minimum atomic E-state index is 0.760. The predicted molar refractivity (Wildman–Crippen MR) is 84.9 cm³/mol. The second-order valence-corrected chi connectivity index (χ2v) is 5.46. The quantitative estimate of drug-likeness (QED) is 0.648. The fraction of sp³-hybridized carbons (Fsp3) is 0.438. The Morgan fingerprint density at radius 1 is 1.20 bits per heavy atom. The van der Waals surface area contributed by atoms with E-state index in [2.05, 4.69) is 15.2 Å². The summed E-state index contributed by atoms with van der Waals surface area (Å²) < 4.78 is 0. The van der Waals surface area contributed by atoms with Crippen molar-refractivity contribution < 1.29 is 0 Å². The fourth-order valence-electron chi connectivity index (χ4n) is 2.85. The van der Waals surface area contributed by atoms with E-state index < -0.39 is 0 Å². The molecule has 0 radical (unpaired) electrons. The maximum Gasteiger partial charge on any atom is 0.0743 e. The van der Waals surface area contributed by atoms with Crippen LogP contribution >= 0.6 is 0 Å². The molecule has 4 heteroatoms. The number of hydrogen-bond acceptors (Lipinski definition) is 4. The maximum atomic E-state index is 5.80. The Morgan fingerprint density at radius 2 is 2.05 bits per heavy atom. The number of pyridine rings is 1. The van der Waals surface area contributed by atoms with Crippen molar-refractivity contribution in [2.24, 2.45) is 0 Å². The van der Waals surface area contributed by atoms with Crippen LogP contribution < -0.4 is 11.1 Å². The van der Waals surface area contributed by atoms with Crippen LogP contribution in [0.3, 0.4) is 0 Å². The lowest BCUT2D eigenvalue weighted by Crippen LogP contribution is -2.22. The van der Waals surface area contributed by atoms with Crippen LogP contribution in [-0.4, -0.2) is 36.1 Å². The molecular weight excluding hydrogens is 248 g/mol. The molecule has 106 valence electrons. The molecular formula is C16H22N4. The topological polar surface area (TPSA) is 54.2 Å². The lowest BCUT2D eigenvalue weighted by molar-refractivity contribution is 0.337. The molecule has 1 aromatic carbocycles. The number of nitrogens with zero attached hydrogens (tertiary/aromatic N) is 2. The van der Waals surface area contributed by atoms with Crippen molar-refractivity contribution in [3.63, 3.8) is 0 Å². The van der Waals surface area contributed by atoms with Crippen LogP contribution in [0.4, 0.5) is 11.4 Å². The Labute approximate surface area is 120 Å². The van der Waals surface area contributed by atoms with Crippen LogP contribution in [0.25, 0.3) is 10.9 Å². The minimum absolute atomic E-state index is 0.760. The van der Waals surface area contributed by atoms with E-state index >= 15 is 0 Å². The summed E-state index contributed by atoms with van der Waals surface area (Å²) in [6, 6.07) is 7.93. The average molecular weight is 270 g/mol. The number of nitrogens with one attached hydrogen (secondary N) is 1. The molecule has 0 bridgehead atoms. The van der Waals surface area contributed by atoms with Gasteiger partial charge in [0.1, 0.15) is 0 Å². The van der Waals surface area contributed by atoms with E-state index in [1.807, 2.05) is 30.5 Å². The second kappa shape index (κ2) is 6.09. The zero-order valence-corrected chi connectivity index (χ0v) is 11.8. The van der Waals surface area contributed by atoms with Gasteiger partial charge in [-0.25, -0.2) is 0 Å². The van der Waals surface area contributed by atoms with Crippen molar-refractivity contribution in [3.05, 3.63) is 30.5 Å². The molecule has 1 aliphatic heterocycles. The van der Waals surface area contributed by atoms with Gasteiger partial charge in [-0.15, -0.1) is 0 Å². The summed E-state index contributed by atoms with van der Waals surface area (Å²) in [5.41, 5.74) is 8.66. The van der Waals surface area contributed by atoms with E-state index in [1.165, 1.54) is 38.9 Å². The van der Waals surface area contributed by atoms with Crippen LogP contribution in [-0.2, 0) is 0 Å². The number of nitrogens with two attached hydrogens (primary N) is 1. The van der Waals surface area contributed by atoms with Crippen molar-refractivity contribution >= 4 is 22.3 Å². The van der Waals surface area contributed by atoms with Crippen molar-refractivity contribution in [1.29, 1.82) is 0 Å². The van der Waals surface area contributed by atoms with Crippen molar-refractivity contribution in [1.82, 2.24) is 9.88 Å². The molecule has 0 spiro atoms. The third-order valence-electron chi connectivity index (χ3n) is 3.93. The van der Waals surface area contributed by atoms with Crippen LogP contribution in [0.1, 0.15) is 19.3 Å². The number of nitrogen functional groups attached to an aromatic ring is 1. The molecule has 1 aliphatic rings. The molecule has 0 amide bonds. The van der Waals surface area contributed by atoms with Crippen LogP contribution in [0, 0.1) is 0 Å². The first-order valence-corrected chi connectivity index (χ1v) is 7.43. The summed E-state index contributed by atoms with van der Waals surface area (Å²) in [6.45, 7) is 4.75. The fourth-order valence-corrected chi connectivity index (χ4v) is 2.85. The van der Waals surface area contributed by atoms with Crippen molar-refractivity contribution in [3.8, 4) is 0 Å². The highest BCUT2D eigenvalue weighted by atomic mass is 15.1. The van der Waals surface area contributed by atoms with Gasteiger partial charge < -0.3 is 16.0 Å². The zero-order valence-electron chi connectivity index (χ0n) is 11.8. The largest absolute Gasteiger partial charge is 0.399 e. The Bertz CT molecular complexity index is 576. The number of rotatable bonds is 5. The van der Waals surface area contributed by atoms with Crippen LogP contribution in [0.2, 0.25) is 0 Å². The third-order valence-corrected chi connectivity index (χ3v) is 3.93. The standard InChI is InChI=1S/C16H22N4/c17-13-4-5-14-15(6-8-19-16(14)12-13)18-7-3-11-20-9-1-2-10-20/h4-6,8,12H,1-3,7,9-11,17H2,(H,18,19). The second-order valence-electron chi connectivity index (χ2n) is 5.46. The molecule has 1 aromatic heterocycles. The summed E-state index contributed by atoms with van der Waals surface area (Å²) in [6.07, 6.45) is 5.75. The Hall–Kier alpha value is -1.81. The molecule has 0 unspecified atom stereocenters. The summed E-state index contributed by atoms with van der Waals surface area (Å²) in [7, 11) is 0. The summed E-state index contributed by atoms with van der Waals surface area (Å²) in [5.74, 6) is 0. The molecule has 4 nitrogen and oxygen atoms in total. The highest BCUT2D eigenvalue weighted by Gasteiger charge is 2.10. The van der Waals surface area contributed by atoms with Gasteiger partial charge in [0.15, 0.2) is 0 Å². The zero-order chi connectivity index (χ0) is 13.8. The molecule has 3 N–H and O–H groups in total. The molecule has 3 rings (SSSR count). The lowest BCUT2D eigenvalue weighted by Gasteiger charge is -2.15. The van der Waals surface area contributed by atoms with Crippen LogP contribution in [0.5, 0.6) is 0 Å². The number of likely N-dealkylation sites (tertiary alicyclic amines) is 1. The number of anilines is 2. The van der Waals surface area contributed by atoms with Gasteiger partial charge in [0.05, 0.1) is 5.52 Å². The number of fused-ring (bicyclic) bond motifs is 1. The van der Waals surface area contributed by atoms with Gasteiger partial charge in [0, 0.05) is 29.5 Å². The number of benzene rings is 1. The molecule has 20 heavy (non-hydrogen) atoms. The highest BCUT2D eigenvalue weighted by Crippen LogP contribution is 2.23. The van der Waals surface area contributed by atoms with E-state index in [0.717, 1.165) is 28.8 Å². The number of aromatic nitrogens is 1. The lowest BCUT2D eigenvalue weighted by atomic mass is 10.1. The first-order chi connectivity index (χ1) is 9.83. The van der Waals surface area contributed by atoms with E-state index in [1.54, 1.807) is 0 Å². The third kappa shape index (κ3) is 3.02. The SMILES string of the molecule is Nc1ccc2c(NCCCN3CCCC3)ccnc2c1. The Kier molecular flexibility index (Phi) is 4.02. The van der Waals surface area contributed by atoms with Gasteiger partial charge in [0.2, 0.25) is 0 Å². The number of hydrogen-bond donors (Lipinski definition) is 2. The molecule has 0 aliphatic carbocycles. The van der Waals surface area contributed by atoms with E-state index in [0.29, 0.717) is 0 Å². The van der Waals surface area contributed by atoms with Crippen LogP contribution in [0.15, 0.2) is 30.5 Å². The Morgan fingerprint density at radius 3 is 2.90 bits per heavy atom. The highest BCUT2D eigenvalue weighted by molar-refractivity contribution is 5.92. The van der Waals surface area contributed by atoms with Gasteiger partial charge in [0.25, 0.3) is 0 Å². The van der Waals surface area contributed by atoms with E-state index in [4.69, 9.17) is 5.73 Å². The molecule has 1 saturated heterocycles. The predicted octanol–water partition coefficient (Wildman–Crippen LogP) is 2.71. The van der Waals surface area contributed by atoms with Gasteiger partial charge in [-0.05, 0) is 63.2 Å². The molecule has 1 fully saturated rings. The molecule has 0 atom stereocenters. The van der Waals surface area contributed by atoms with Gasteiger partial charge in [-0.3, -0.25) is 4.98 Å². The average Bonchev–Trinajstić information content (AvgIpc) is 2.96. The summed E-state index contributed by atoms with van der Waals surface area (Å²) in [5, 5.41) is 4.67. The van der Waals surface area contributed by atoms with Gasteiger partial charge in [-0.1, -0.05) is 0 Å². The van der Waals surface area contributed by atoms with Crippen molar-refractivity contribution in [2.45, 2.75) is 19.3 Å².